The molecule has 2 N–H and O–H groups in total. The summed E-state index contributed by atoms with van der Waals surface area (Å²) < 4.78 is 1.27. The van der Waals surface area contributed by atoms with Crippen LogP contribution in [0.2, 0.25) is 0 Å². The smallest absolute Gasteiger partial charge is 0.0503 e. The molecule has 0 radical (unpaired) electrons. The van der Waals surface area contributed by atoms with Crippen LogP contribution in [-0.4, -0.2) is 13.1 Å². The van der Waals surface area contributed by atoms with Crippen molar-refractivity contribution < 1.29 is 0 Å². The number of hydrogen-bond donors (Lipinski definition) is 1. The molecule has 0 spiro atoms. The van der Waals surface area contributed by atoms with Crippen molar-refractivity contribution >= 4 is 34.0 Å². The second-order valence-corrected chi connectivity index (χ2v) is 5.71. The van der Waals surface area contributed by atoms with Crippen LogP contribution in [0.3, 0.4) is 0 Å². The fourth-order valence-corrected chi connectivity index (χ4v) is 3.24. The Hall–Kier alpha value is -0.450. The lowest BCUT2D eigenvalue weighted by molar-refractivity contribution is 0.395. The second kappa shape index (κ2) is 5.25. The number of benzene rings is 1. The number of anilines is 2. The van der Waals surface area contributed by atoms with E-state index in [0.717, 1.165) is 11.6 Å². The van der Waals surface area contributed by atoms with Gasteiger partial charge in [0.1, 0.15) is 0 Å². The lowest BCUT2D eigenvalue weighted by Crippen LogP contribution is -2.33. The molecular weight excluding hydrogens is 311 g/mol. The predicted octanol–water partition coefficient (Wildman–Crippen LogP) is 3.50. The highest BCUT2D eigenvalue weighted by Crippen LogP contribution is 2.29. The number of nitrogens with two attached hydrogens (primary N) is 1. The van der Waals surface area contributed by atoms with E-state index < -0.39 is 0 Å². The first kappa shape index (κ1) is 12.0. The summed E-state index contributed by atoms with van der Waals surface area (Å²) in [6.07, 6.45) is 3.99. The van der Waals surface area contributed by atoms with Gasteiger partial charge in [-0.3, -0.25) is 0 Å². The van der Waals surface area contributed by atoms with Crippen LogP contribution in [-0.2, 0) is 0 Å². The van der Waals surface area contributed by atoms with E-state index in [1.54, 1.807) is 0 Å². The minimum Gasteiger partial charge on any atom is -0.399 e. The number of nitrogens with zero attached hydrogens (tertiary/aromatic N) is 1. The zero-order valence-electron chi connectivity index (χ0n) is 9.75. The SMILES string of the molecule is CCC1CCN(c2ccc(N)cc2I)CC1. The van der Waals surface area contributed by atoms with Crippen molar-refractivity contribution in [2.24, 2.45) is 5.92 Å². The molecule has 1 aliphatic rings. The Morgan fingerprint density at radius 1 is 1.38 bits per heavy atom. The van der Waals surface area contributed by atoms with E-state index in [1.165, 1.54) is 41.6 Å². The minimum absolute atomic E-state index is 0.858. The van der Waals surface area contributed by atoms with Crippen molar-refractivity contribution in [1.82, 2.24) is 0 Å². The van der Waals surface area contributed by atoms with Crippen LogP contribution < -0.4 is 10.6 Å². The van der Waals surface area contributed by atoms with Crippen molar-refractivity contribution in [2.45, 2.75) is 26.2 Å². The summed E-state index contributed by atoms with van der Waals surface area (Å²) in [7, 11) is 0. The first-order valence-electron chi connectivity index (χ1n) is 6.00. The number of hydrogen-bond acceptors (Lipinski definition) is 2. The monoisotopic (exact) mass is 330 g/mol. The standard InChI is InChI=1S/C13H19IN2/c1-2-10-5-7-16(8-6-10)13-4-3-11(15)9-12(13)14/h3-4,9-10H,2,5-8,15H2,1H3. The Labute approximate surface area is 111 Å². The average molecular weight is 330 g/mol. The fraction of sp³-hybridized carbons (Fsp3) is 0.538. The van der Waals surface area contributed by atoms with E-state index in [-0.39, 0.29) is 0 Å². The number of nitrogen functional groups attached to an aromatic ring is 1. The van der Waals surface area contributed by atoms with Crippen molar-refractivity contribution in [3.05, 3.63) is 21.8 Å². The highest BCUT2D eigenvalue weighted by molar-refractivity contribution is 14.1. The summed E-state index contributed by atoms with van der Waals surface area (Å²) in [5, 5.41) is 0. The van der Waals surface area contributed by atoms with E-state index in [2.05, 4.69) is 46.5 Å². The van der Waals surface area contributed by atoms with Crippen LogP contribution >= 0.6 is 22.6 Å². The van der Waals surface area contributed by atoms with Crippen LogP contribution in [0.1, 0.15) is 26.2 Å². The van der Waals surface area contributed by atoms with Crippen molar-refractivity contribution in [3.63, 3.8) is 0 Å². The molecule has 0 aromatic heterocycles. The molecule has 1 aromatic rings. The Morgan fingerprint density at radius 2 is 2.06 bits per heavy atom. The largest absolute Gasteiger partial charge is 0.399 e. The normalized spacial score (nSPS) is 17.8. The Bertz CT molecular complexity index is 357. The first-order chi connectivity index (χ1) is 7.70. The van der Waals surface area contributed by atoms with Gasteiger partial charge in [-0.1, -0.05) is 13.3 Å². The second-order valence-electron chi connectivity index (χ2n) is 4.55. The molecule has 0 bridgehead atoms. The van der Waals surface area contributed by atoms with E-state index in [4.69, 9.17) is 5.73 Å². The third kappa shape index (κ3) is 2.62. The molecule has 0 saturated carbocycles. The van der Waals surface area contributed by atoms with Gasteiger partial charge in [-0.2, -0.15) is 0 Å². The molecule has 1 fully saturated rings. The first-order valence-corrected chi connectivity index (χ1v) is 7.08. The van der Waals surface area contributed by atoms with Crippen molar-refractivity contribution in [1.29, 1.82) is 0 Å². The lowest BCUT2D eigenvalue weighted by atomic mass is 9.94. The zero-order valence-corrected chi connectivity index (χ0v) is 11.9. The Morgan fingerprint density at radius 3 is 2.62 bits per heavy atom. The molecule has 1 heterocycles. The van der Waals surface area contributed by atoms with Gasteiger partial charge in [-0.25, -0.2) is 0 Å². The van der Waals surface area contributed by atoms with Crippen LogP contribution in [0.15, 0.2) is 18.2 Å². The molecule has 1 aromatic carbocycles. The molecule has 88 valence electrons. The highest BCUT2D eigenvalue weighted by atomic mass is 127. The van der Waals surface area contributed by atoms with Crippen molar-refractivity contribution in [2.75, 3.05) is 23.7 Å². The summed E-state index contributed by atoms with van der Waals surface area (Å²) >= 11 is 2.38. The van der Waals surface area contributed by atoms with E-state index >= 15 is 0 Å². The van der Waals surface area contributed by atoms with Crippen molar-refractivity contribution in [3.8, 4) is 0 Å². The van der Waals surface area contributed by atoms with E-state index in [0.29, 0.717) is 0 Å². The van der Waals surface area contributed by atoms with E-state index in [1.807, 2.05) is 6.07 Å². The van der Waals surface area contributed by atoms with Gasteiger partial charge in [0.2, 0.25) is 0 Å². The maximum absolute atomic E-state index is 5.78. The van der Waals surface area contributed by atoms with Gasteiger partial charge in [0.15, 0.2) is 0 Å². The van der Waals surface area contributed by atoms with Gasteiger partial charge in [-0.15, -0.1) is 0 Å². The third-order valence-electron chi connectivity index (χ3n) is 3.50. The topological polar surface area (TPSA) is 29.3 Å². The van der Waals surface area contributed by atoms with Gasteiger partial charge in [0, 0.05) is 22.3 Å². The maximum Gasteiger partial charge on any atom is 0.0503 e. The molecule has 2 nitrogen and oxygen atoms in total. The molecule has 0 unspecified atom stereocenters. The van der Waals surface area contributed by atoms with Gasteiger partial charge in [0.25, 0.3) is 0 Å². The van der Waals surface area contributed by atoms with E-state index in [9.17, 15) is 0 Å². The Balaban J connectivity index is 2.08. The number of halogens is 1. The fourth-order valence-electron chi connectivity index (χ4n) is 2.36. The average Bonchev–Trinajstić information content (AvgIpc) is 2.29. The summed E-state index contributed by atoms with van der Waals surface area (Å²) in [5.41, 5.74) is 7.99. The van der Waals surface area contributed by atoms with Gasteiger partial charge < -0.3 is 10.6 Å². The van der Waals surface area contributed by atoms with Crippen LogP contribution in [0, 0.1) is 9.49 Å². The maximum atomic E-state index is 5.78. The molecule has 0 atom stereocenters. The molecule has 1 saturated heterocycles. The summed E-state index contributed by atoms with van der Waals surface area (Å²) in [4.78, 5) is 2.49. The van der Waals surface area contributed by atoms with Crippen LogP contribution in [0.4, 0.5) is 11.4 Å². The molecule has 2 rings (SSSR count). The van der Waals surface area contributed by atoms with Gasteiger partial charge >= 0.3 is 0 Å². The summed E-state index contributed by atoms with van der Waals surface area (Å²) in [5.74, 6) is 0.933. The van der Waals surface area contributed by atoms with Crippen LogP contribution in [0.5, 0.6) is 0 Å². The third-order valence-corrected chi connectivity index (χ3v) is 4.37. The molecule has 0 aliphatic carbocycles. The summed E-state index contributed by atoms with van der Waals surface area (Å²) in [6, 6.07) is 6.22. The molecule has 1 aliphatic heterocycles. The summed E-state index contributed by atoms with van der Waals surface area (Å²) in [6.45, 7) is 4.68. The molecular formula is C13H19IN2. The molecule has 16 heavy (non-hydrogen) atoms. The Kier molecular flexibility index (Phi) is 3.95. The predicted molar refractivity (Wildman–Crippen MR) is 78.8 cm³/mol. The molecule has 0 amide bonds. The van der Waals surface area contributed by atoms with Gasteiger partial charge in [-0.05, 0) is 59.5 Å². The quantitative estimate of drug-likeness (QED) is 0.664. The van der Waals surface area contributed by atoms with Gasteiger partial charge in [0.05, 0.1) is 5.69 Å². The zero-order chi connectivity index (χ0) is 11.5. The molecule has 3 heteroatoms. The lowest BCUT2D eigenvalue weighted by Gasteiger charge is -2.33. The highest BCUT2D eigenvalue weighted by Gasteiger charge is 2.19. The number of rotatable bonds is 2. The minimum atomic E-state index is 0.858. The number of piperidine rings is 1. The van der Waals surface area contributed by atoms with Crippen LogP contribution in [0.25, 0.3) is 0 Å².